The van der Waals surface area contributed by atoms with Crippen LogP contribution in [0.25, 0.3) is 10.9 Å². The van der Waals surface area contributed by atoms with E-state index in [1.165, 1.54) is 20.4 Å². The van der Waals surface area contributed by atoms with Crippen LogP contribution in [0, 0.1) is 0 Å². The van der Waals surface area contributed by atoms with E-state index in [4.69, 9.17) is 9.47 Å². The van der Waals surface area contributed by atoms with Gasteiger partial charge in [-0.25, -0.2) is 4.79 Å². The Morgan fingerprint density at radius 1 is 1.12 bits per heavy atom. The van der Waals surface area contributed by atoms with Crippen LogP contribution >= 0.6 is 31.9 Å². The van der Waals surface area contributed by atoms with Crippen molar-refractivity contribution >= 4 is 49.0 Å². The predicted octanol–water partition coefficient (Wildman–Crippen LogP) is 3.11. The molecule has 9 heteroatoms. The van der Waals surface area contributed by atoms with E-state index >= 15 is 0 Å². The van der Waals surface area contributed by atoms with E-state index in [1.54, 1.807) is 30.3 Å². The fourth-order valence-electron chi connectivity index (χ4n) is 2.42. The van der Waals surface area contributed by atoms with Crippen molar-refractivity contribution < 1.29 is 9.47 Å². The van der Waals surface area contributed by atoms with Crippen LogP contribution in [0.3, 0.4) is 0 Å². The largest absolute Gasteiger partial charge is 0.493 e. The first-order valence-electron chi connectivity index (χ1n) is 7.36. The van der Waals surface area contributed by atoms with E-state index in [9.17, 15) is 9.59 Å². The van der Waals surface area contributed by atoms with Gasteiger partial charge in [0.25, 0.3) is 5.56 Å². The van der Waals surface area contributed by atoms with Gasteiger partial charge in [-0.2, -0.15) is 5.10 Å². The monoisotopic (exact) mass is 481 g/mol. The van der Waals surface area contributed by atoms with Gasteiger partial charge in [0, 0.05) is 10.0 Å². The number of aromatic nitrogens is 2. The zero-order chi connectivity index (χ0) is 18.8. The standard InChI is InChI=1S/C17H13Br2N3O4/c1-25-12-7-9(13(18)14(19)15(12)26-2)8-20-22-16(23)10-5-3-4-6-11(10)21-17(22)24/h3-8H,1-2H3,(H,21,24). The van der Waals surface area contributed by atoms with Gasteiger partial charge < -0.3 is 14.5 Å². The fourth-order valence-corrected chi connectivity index (χ4v) is 3.40. The highest BCUT2D eigenvalue weighted by Crippen LogP contribution is 2.41. The number of aromatic amines is 1. The Morgan fingerprint density at radius 2 is 1.85 bits per heavy atom. The Labute approximate surface area is 164 Å². The lowest BCUT2D eigenvalue weighted by atomic mass is 10.2. The third-order valence-electron chi connectivity index (χ3n) is 3.68. The second-order valence-corrected chi connectivity index (χ2v) is 6.75. The molecule has 0 fully saturated rings. The van der Waals surface area contributed by atoms with Gasteiger partial charge in [0.1, 0.15) is 0 Å². The minimum Gasteiger partial charge on any atom is -0.493 e. The predicted molar refractivity (Wildman–Crippen MR) is 107 cm³/mol. The van der Waals surface area contributed by atoms with Crippen molar-refractivity contribution in [3.05, 3.63) is 65.7 Å². The normalized spacial score (nSPS) is 11.2. The lowest BCUT2D eigenvalue weighted by molar-refractivity contribution is 0.353. The molecule has 1 heterocycles. The van der Waals surface area contributed by atoms with Crippen molar-refractivity contribution in [1.29, 1.82) is 0 Å². The first-order chi connectivity index (χ1) is 12.5. The van der Waals surface area contributed by atoms with Crippen LogP contribution in [0.5, 0.6) is 11.5 Å². The average molecular weight is 483 g/mol. The molecule has 0 spiro atoms. The summed E-state index contributed by atoms with van der Waals surface area (Å²) in [5.41, 5.74) is -0.0742. The average Bonchev–Trinajstić information content (AvgIpc) is 2.64. The molecule has 26 heavy (non-hydrogen) atoms. The highest BCUT2D eigenvalue weighted by molar-refractivity contribution is 9.13. The minimum absolute atomic E-state index is 0.372. The van der Waals surface area contributed by atoms with Gasteiger partial charge in [0.2, 0.25) is 0 Å². The van der Waals surface area contributed by atoms with Crippen molar-refractivity contribution in [3.8, 4) is 11.5 Å². The van der Waals surface area contributed by atoms with Gasteiger partial charge in [-0.3, -0.25) is 4.79 Å². The highest BCUT2D eigenvalue weighted by atomic mass is 79.9. The summed E-state index contributed by atoms with van der Waals surface area (Å²) in [4.78, 5) is 27.3. The molecular weight excluding hydrogens is 470 g/mol. The van der Waals surface area contributed by atoms with Crippen LogP contribution in [0.1, 0.15) is 5.56 Å². The molecule has 0 aliphatic heterocycles. The summed E-state index contributed by atoms with van der Waals surface area (Å²) in [5.74, 6) is 0.987. The van der Waals surface area contributed by atoms with Crippen LogP contribution in [-0.2, 0) is 0 Å². The summed E-state index contributed by atoms with van der Waals surface area (Å²) < 4.78 is 12.6. The van der Waals surface area contributed by atoms with Gasteiger partial charge in [-0.1, -0.05) is 12.1 Å². The molecule has 0 bridgehead atoms. The van der Waals surface area contributed by atoms with Gasteiger partial charge in [-0.05, 0) is 50.1 Å². The van der Waals surface area contributed by atoms with E-state index in [0.717, 1.165) is 4.68 Å². The lowest BCUT2D eigenvalue weighted by Gasteiger charge is -2.12. The smallest absolute Gasteiger partial charge is 0.349 e. The molecule has 0 saturated heterocycles. The topological polar surface area (TPSA) is 85.7 Å². The third kappa shape index (κ3) is 3.19. The summed E-state index contributed by atoms with van der Waals surface area (Å²) >= 11 is 6.86. The molecule has 1 aromatic heterocycles. The number of methoxy groups -OCH3 is 2. The minimum atomic E-state index is -0.624. The summed E-state index contributed by atoms with van der Waals surface area (Å²) in [6.07, 6.45) is 1.39. The number of hydrogen-bond donors (Lipinski definition) is 1. The number of hydrogen-bond acceptors (Lipinski definition) is 5. The number of H-pyrrole nitrogens is 1. The molecule has 0 radical (unpaired) electrons. The third-order valence-corrected chi connectivity index (χ3v) is 5.82. The van der Waals surface area contributed by atoms with Crippen molar-refractivity contribution in [2.75, 3.05) is 14.2 Å². The van der Waals surface area contributed by atoms with E-state index in [2.05, 4.69) is 41.9 Å². The van der Waals surface area contributed by atoms with E-state index < -0.39 is 11.2 Å². The van der Waals surface area contributed by atoms with Gasteiger partial charge in [-0.15, -0.1) is 4.68 Å². The molecule has 3 rings (SSSR count). The number of benzene rings is 2. The van der Waals surface area contributed by atoms with E-state index in [1.807, 2.05) is 0 Å². The number of rotatable bonds is 4. The second kappa shape index (κ2) is 7.46. The van der Waals surface area contributed by atoms with Crippen LogP contribution in [0.4, 0.5) is 0 Å². The number of ether oxygens (including phenoxy) is 2. The number of fused-ring (bicyclic) bond motifs is 1. The maximum Gasteiger partial charge on any atom is 0.349 e. The number of halogens is 2. The molecule has 134 valence electrons. The lowest BCUT2D eigenvalue weighted by Crippen LogP contribution is -2.32. The molecule has 0 amide bonds. The van der Waals surface area contributed by atoms with Crippen LogP contribution in [0.15, 0.2) is 54.0 Å². The Morgan fingerprint density at radius 3 is 2.54 bits per heavy atom. The summed E-state index contributed by atoms with van der Waals surface area (Å²) in [7, 11) is 3.04. The Bertz CT molecular complexity index is 1140. The molecule has 2 aromatic carbocycles. The van der Waals surface area contributed by atoms with Crippen molar-refractivity contribution in [2.45, 2.75) is 0 Å². The zero-order valence-electron chi connectivity index (χ0n) is 13.7. The Hall–Kier alpha value is -2.39. The van der Waals surface area contributed by atoms with Crippen LogP contribution < -0.4 is 20.7 Å². The van der Waals surface area contributed by atoms with Gasteiger partial charge in [0.05, 0.1) is 35.8 Å². The molecule has 7 nitrogen and oxygen atoms in total. The molecule has 0 saturated carbocycles. The highest BCUT2D eigenvalue weighted by Gasteiger charge is 2.15. The first-order valence-corrected chi connectivity index (χ1v) is 8.95. The van der Waals surface area contributed by atoms with Gasteiger partial charge >= 0.3 is 5.69 Å². The molecule has 0 aliphatic rings. The molecule has 0 unspecified atom stereocenters. The maximum absolute atomic E-state index is 12.5. The van der Waals surface area contributed by atoms with Crippen LogP contribution in [-0.4, -0.2) is 30.1 Å². The van der Waals surface area contributed by atoms with Crippen molar-refractivity contribution in [1.82, 2.24) is 9.66 Å². The van der Waals surface area contributed by atoms with E-state index in [0.29, 0.717) is 36.9 Å². The second-order valence-electron chi connectivity index (χ2n) is 5.17. The molecule has 0 atom stereocenters. The molecule has 3 aromatic rings. The Balaban J connectivity index is 2.15. The Kier molecular flexibility index (Phi) is 5.28. The van der Waals surface area contributed by atoms with Crippen molar-refractivity contribution in [2.24, 2.45) is 5.10 Å². The maximum atomic E-state index is 12.5. The quantitative estimate of drug-likeness (QED) is 0.579. The zero-order valence-corrected chi connectivity index (χ0v) is 16.9. The number of nitrogens with one attached hydrogen (secondary N) is 1. The summed E-state index contributed by atoms with van der Waals surface area (Å²) in [6, 6.07) is 8.43. The SMILES string of the molecule is COc1cc(C=Nn2c(=O)[nH]c3ccccc3c2=O)c(Br)c(Br)c1OC. The first kappa shape index (κ1) is 18.4. The molecule has 1 N–H and O–H groups in total. The van der Waals surface area contributed by atoms with Crippen molar-refractivity contribution in [3.63, 3.8) is 0 Å². The summed E-state index contributed by atoms with van der Waals surface area (Å²) in [6.45, 7) is 0. The van der Waals surface area contributed by atoms with Crippen LogP contribution in [0.2, 0.25) is 0 Å². The fraction of sp³-hybridized carbons (Fsp3) is 0.118. The molecular formula is C17H13Br2N3O4. The summed E-state index contributed by atoms with van der Waals surface area (Å²) in [5, 5.41) is 4.42. The number of para-hydroxylation sites is 1. The molecule has 0 aliphatic carbocycles. The van der Waals surface area contributed by atoms with E-state index in [-0.39, 0.29) is 0 Å². The van der Waals surface area contributed by atoms with Gasteiger partial charge in [0.15, 0.2) is 11.5 Å². The number of nitrogens with zero attached hydrogens (tertiary/aromatic N) is 2.